The zero-order valence-corrected chi connectivity index (χ0v) is 12.0. The monoisotopic (exact) mass is 327 g/mol. The third-order valence-electron chi connectivity index (χ3n) is 3.34. The highest BCUT2D eigenvalue weighted by molar-refractivity contribution is 7.85. The second kappa shape index (κ2) is 4.70. The number of fused-ring (bicyclic) bond motifs is 1. The maximum absolute atomic E-state index is 14.7. The molecule has 1 aliphatic heterocycles. The first-order valence-corrected chi connectivity index (χ1v) is 7.15. The average molecular weight is 327 g/mol. The molecule has 10 heteroatoms. The quantitative estimate of drug-likeness (QED) is 0.660. The highest BCUT2D eigenvalue weighted by atomic mass is 32.2. The van der Waals surface area contributed by atoms with Gasteiger partial charge >= 0.3 is 0 Å². The van der Waals surface area contributed by atoms with Gasteiger partial charge in [-0.05, 0) is 6.07 Å². The van der Waals surface area contributed by atoms with Crippen molar-refractivity contribution in [1.82, 2.24) is 9.29 Å². The molecule has 1 aromatic carbocycles. The number of carbonyl (C=O) groups is 1. The molecule has 1 amide bonds. The number of hydrogen-bond donors (Lipinski definition) is 3. The van der Waals surface area contributed by atoms with Crippen LogP contribution in [0.3, 0.4) is 0 Å². The van der Waals surface area contributed by atoms with Gasteiger partial charge in [0.05, 0.1) is 5.52 Å². The van der Waals surface area contributed by atoms with Crippen LogP contribution in [0.4, 0.5) is 10.1 Å². The Morgan fingerprint density at radius 3 is 2.55 bits per heavy atom. The summed E-state index contributed by atoms with van der Waals surface area (Å²) in [5.74, 6) is -2.82. The molecular formula is C12H10FN3O5S. The van der Waals surface area contributed by atoms with E-state index in [0.29, 0.717) is 0 Å². The van der Waals surface area contributed by atoms with E-state index in [2.05, 4.69) is 4.72 Å². The lowest BCUT2D eigenvalue weighted by atomic mass is 10.1. The van der Waals surface area contributed by atoms with E-state index in [1.807, 2.05) is 0 Å². The van der Waals surface area contributed by atoms with Gasteiger partial charge < -0.3 is 14.8 Å². The van der Waals surface area contributed by atoms with Gasteiger partial charge in [0.25, 0.3) is 11.5 Å². The molecule has 0 aliphatic carbocycles. The molecule has 2 aromatic rings. The summed E-state index contributed by atoms with van der Waals surface area (Å²) in [6.07, 6.45) is 0. The summed E-state index contributed by atoms with van der Waals surface area (Å²) in [6.45, 7) is -0.389. The molecule has 116 valence electrons. The predicted octanol–water partition coefficient (Wildman–Crippen LogP) is -0.396. The van der Waals surface area contributed by atoms with Crippen molar-refractivity contribution in [2.45, 2.75) is 0 Å². The van der Waals surface area contributed by atoms with Crippen molar-refractivity contribution in [2.75, 3.05) is 10.8 Å². The summed E-state index contributed by atoms with van der Waals surface area (Å²) in [6, 6.07) is 2.03. The molecule has 1 aliphatic rings. The smallest absolute Gasteiger partial charge is 0.292 e. The Morgan fingerprint density at radius 1 is 1.27 bits per heavy atom. The first kappa shape index (κ1) is 14.3. The number of aromatic hydroxyl groups is 2. The highest BCUT2D eigenvalue weighted by Gasteiger charge is 2.32. The molecule has 0 saturated carbocycles. The van der Waals surface area contributed by atoms with E-state index in [1.165, 1.54) is 7.05 Å². The van der Waals surface area contributed by atoms with Crippen LogP contribution in [0.5, 0.6) is 11.5 Å². The summed E-state index contributed by atoms with van der Waals surface area (Å²) >= 11 is -2.02. The van der Waals surface area contributed by atoms with Crippen molar-refractivity contribution in [3.8, 4) is 11.5 Å². The van der Waals surface area contributed by atoms with E-state index in [-0.39, 0.29) is 17.4 Å². The minimum absolute atomic E-state index is 0.0471. The van der Waals surface area contributed by atoms with Crippen LogP contribution in [-0.4, -0.2) is 31.4 Å². The Bertz CT molecular complexity index is 910. The topological polar surface area (TPSA) is 112 Å². The van der Waals surface area contributed by atoms with Gasteiger partial charge in [-0.25, -0.2) is 8.60 Å². The minimum atomic E-state index is -2.02. The number of anilines is 1. The molecule has 3 N–H and O–H groups in total. The van der Waals surface area contributed by atoms with Crippen molar-refractivity contribution in [3.63, 3.8) is 0 Å². The number of amides is 1. The van der Waals surface area contributed by atoms with E-state index in [0.717, 1.165) is 21.0 Å². The van der Waals surface area contributed by atoms with Gasteiger partial charge in [-0.3, -0.25) is 18.6 Å². The summed E-state index contributed by atoms with van der Waals surface area (Å²) in [5.41, 5.74) is -1.14. The number of hydrogen-bond acceptors (Lipinski definition) is 5. The fourth-order valence-corrected chi connectivity index (χ4v) is 3.24. The highest BCUT2D eigenvalue weighted by Crippen LogP contribution is 2.37. The molecule has 2 heterocycles. The van der Waals surface area contributed by atoms with Gasteiger partial charge in [0, 0.05) is 18.5 Å². The molecule has 1 saturated heterocycles. The van der Waals surface area contributed by atoms with Crippen molar-refractivity contribution < 1.29 is 23.6 Å². The fourth-order valence-electron chi connectivity index (χ4n) is 2.30. The molecule has 0 bridgehead atoms. The molecule has 22 heavy (non-hydrogen) atoms. The average Bonchev–Trinajstić information content (AvgIpc) is 2.77. The number of aryl methyl sites for hydroxylation is 1. The standard InChI is InChI=1S/C12H10FN3O5S/c1-15-6-3-7(17)11(16-4-9(19)14-22(16)21)10(13)5(6)2-8(18)12(15)20/h2-3,17-18H,4H2,1H3,(H,14,19). The second-order valence-corrected chi connectivity index (χ2v) is 5.84. The van der Waals surface area contributed by atoms with Crippen molar-refractivity contribution >= 4 is 33.7 Å². The van der Waals surface area contributed by atoms with E-state index >= 15 is 0 Å². The lowest BCUT2D eigenvalue weighted by molar-refractivity contribution is -0.117. The van der Waals surface area contributed by atoms with Crippen LogP contribution in [0, 0.1) is 5.82 Å². The normalized spacial score (nSPS) is 18.0. The molecule has 1 atom stereocenters. The lowest BCUT2D eigenvalue weighted by Crippen LogP contribution is -2.24. The lowest BCUT2D eigenvalue weighted by Gasteiger charge is -2.18. The van der Waals surface area contributed by atoms with Crippen molar-refractivity contribution in [1.29, 1.82) is 0 Å². The molecular weight excluding hydrogens is 317 g/mol. The van der Waals surface area contributed by atoms with Gasteiger partial charge in [0.15, 0.2) is 11.6 Å². The molecule has 3 rings (SSSR count). The predicted molar refractivity (Wildman–Crippen MR) is 76.1 cm³/mol. The van der Waals surface area contributed by atoms with E-state index < -0.39 is 45.6 Å². The minimum Gasteiger partial charge on any atom is -0.506 e. The maximum atomic E-state index is 14.7. The number of carbonyl (C=O) groups excluding carboxylic acids is 1. The van der Waals surface area contributed by atoms with Crippen molar-refractivity contribution in [3.05, 3.63) is 28.3 Å². The molecule has 0 radical (unpaired) electrons. The van der Waals surface area contributed by atoms with Crippen LogP contribution >= 0.6 is 0 Å². The number of halogens is 1. The number of nitrogens with one attached hydrogen (secondary N) is 1. The zero-order valence-electron chi connectivity index (χ0n) is 11.2. The molecule has 8 nitrogen and oxygen atoms in total. The number of phenolic OH excluding ortho intramolecular Hbond substituents is 1. The van der Waals surface area contributed by atoms with E-state index in [1.54, 1.807) is 0 Å². The first-order chi connectivity index (χ1) is 10.3. The van der Waals surface area contributed by atoms with Gasteiger partial charge in [-0.15, -0.1) is 0 Å². The number of benzene rings is 1. The summed E-state index contributed by atoms with van der Waals surface area (Å²) in [7, 11) is 1.31. The van der Waals surface area contributed by atoms with Crippen LogP contribution in [0.1, 0.15) is 0 Å². The van der Waals surface area contributed by atoms with Gasteiger partial charge in [-0.1, -0.05) is 0 Å². The fraction of sp³-hybridized carbons (Fsp3) is 0.167. The van der Waals surface area contributed by atoms with Gasteiger partial charge in [0.2, 0.25) is 11.2 Å². The van der Waals surface area contributed by atoms with Crippen molar-refractivity contribution in [2.24, 2.45) is 7.05 Å². The Labute approximate surface area is 125 Å². The van der Waals surface area contributed by atoms with E-state index in [4.69, 9.17) is 0 Å². The Kier molecular flexibility index (Phi) is 3.06. The zero-order chi connectivity index (χ0) is 16.2. The SMILES string of the molecule is Cn1c(=O)c(O)cc2c(F)c(N3CC(=O)NS3=O)c(O)cc21. The molecule has 1 fully saturated rings. The first-order valence-electron chi connectivity index (χ1n) is 6.04. The summed E-state index contributed by atoms with van der Waals surface area (Å²) in [4.78, 5) is 22.9. The Morgan fingerprint density at radius 2 is 1.95 bits per heavy atom. The van der Waals surface area contributed by atoms with E-state index in [9.17, 15) is 28.4 Å². The summed E-state index contributed by atoms with van der Waals surface area (Å²) < 4.78 is 30.3. The van der Waals surface area contributed by atoms with Crippen LogP contribution in [0.15, 0.2) is 16.9 Å². The number of nitrogens with zero attached hydrogens (tertiary/aromatic N) is 2. The number of aromatic nitrogens is 1. The third kappa shape index (κ3) is 1.91. The van der Waals surface area contributed by atoms with Crippen LogP contribution in [0.25, 0.3) is 10.9 Å². The van der Waals surface area contributed by atoms with Crippen LogP contribution in [-0.2, 0) is 23.0 Å². The molecule has 1 unspecified atom stereocenters. The number of phenols is 1. The van der Waals surface area contributed by atoms with Crippen LogP contribution < -0.4 is 14.6 Å². The van der Waals surface area contributed by atoms with Gasteiger partial charge in [0.1, 0.15) is 18.0 Å². The van der Waals surface area contributed by atoms with Gasteiger partial charge in [-0.2, -0.15) is 0 Å². The molecule has 0 spiro atoms. The largest absolute Gasteiger partial charge is 0.506 e. The molecule has 1 aromatic heterocycles. The summed E-state index contributed by atoms with van der Waals surface area (Å²) in [5, 5.41) is 19.4. The Hall–Kier alpha value is -2.62. The van der Waals surface area contributed by atoms with Crippen LogP contribution in [0.2, 0.25) is 0 Å². The second-order valence-electron chi connectivity index (χ2n) is 4.70. The third-order valence-corrected chi connectivity index (χ3v) is 4.45. The number of pyridine rings is 1. The maximum Gasteiger partial charge on any atom is 0.292 e. The number of rotatable bonds is 1. The Balaban J connectivity index is 2.34.